The first-order valence-corrected chi connectivity index (χ1v) is 17.7. The molecule has 2 fully saturated rings. The summed E-state index contributed by atoms with van der Waals surface area (Å²) >= 11 is 0. The number of ketones is 1. The fourth-order valence-electron chi connectivity index (χ4n) is 6.18. The van der Waals surface area contributed by atoms with E-state index in [1.54, 1.807) is 26.2 Å². The van der Waals surface area contributed by atoms with Gasteiger partial charge in [-0.25, -0.2) is 0 Å². The molecule has 11 heteroatoms. The molecule has 5 rings (SSSR count). The van der Waals surface area contributed by atoms with E-state index >= 15 is 0 Å². The molecule has 51 heavy (non-hydrogen) atoms. The third-order valence-electron chi connectivity index (χ3n) is 9.29. The minimum absolute atomic E-state index is 0.121. The van der Waals surface area contributed by atoms with Crippen LogP contribution in [0, 0.1) is 5.92 Å². The second-order valence-corrected chi connectivity index (χ2v) is 14.0. The van der Waals surface area contributed by atoms with Crippen molar-refractivity contribution < 1.29 is 33.4 Å². The molecule has 272 valence electrons. The number of benzene rings is 3. The summed E-state index contributed by atoms with van der Waals surface area (Å²) in [5, 5.41) is 8.82. The summed E-state index contributed by atoms with van der Waals surface area (Å²) < 4.78 is 16.1. The number of nitrogens with zero attached hydrogens (tertiary/aromatic N) is 1. The zero-order valence-corrected chi connectivity index (χ0v) is 30.0. The van der Waals surface area contributed by atoms with Gasteiger partial charge >= 0.3 is 0 Å². The van der Waals surface area contributed by atoms with Gasteiger partial charge in [0.05, 0.1) is 39.5 Å². The van der Waals surface area contributed by atoms with Gasteiger partial charge in [-0.3, -0.25) is 24.1 Å². The minimum Gasteiger partial charge on any atom is -0.497 e. The summed E-state index contributed by atoms with van der Waals surface area (Å²) in [5.74, 6) is -0.704. The number of amides is 3. The van der Waals surface area contributed by atoms with Crippen LogP contribution in [0.15, 0.2) is 78.9 Å². The lowest BCUT2D eigenvalue weighted by Gasteiger charge is -2.28. The third kappa shape index (κ3) is 11.0. The van der Waals surface area contributed by atoms with Crippen molar-refractivity contribution in [3.05, 3.63) is 90.0 Å². The van der Waals surface area contributed by atoms with Crippen LogP contribution in [0.1, 0.15) is 38.3 Å². The highest BCUT2D eigenvalue weighted by Crippen LogP contribution is 2.30. The summed E-state index contributed by atoms with van der Waals surface area (Å²) in [6.07, 6.45) is 0.779. The smallest absolute Gasteiger partial charge is 0.243 e. The van der Waals surface area contributed by atoms with E-state index in [0.717, 1.165) is 22.3 Å². The van der Waals surface area contributed by atoms with Crippen molar-refractivity contribution in [2.75, 3.05) is 46.6 Å². The number of methoxy groups -OCH3 is 1. The lowest BCUT2D eigenvalue weighted by molar-refractivity contribution is -0.134. The Morgan fingerprint density at radius 3 is 1.84 bits per heavy atom. The predicted molar refractivity (Wildman–Crippen MR) is 194 cm³/mol. The van der Waals surface area contributed by atoms with Crippen molar-refractivity contribution in [1.82, 2.24) is 20.9 Å². The van der Waals surface area contributed by atoms with Gasteiger partial charge in [-0.05, 0) is 53.6 Å². The molecule has 11 nitrogen and oxygen atoms in total. The van der Waals surface area contributed by atoms with Gasteiger partial charge in [0, 0.05) is 25.9 Å². The number of hydrogen-bond donors (Lipinski definition) is 3. The van der Waals surface area contributed by atoms with Crippen LogP contribution in [0.5, 0.6) is 5.75 Å². The third-order valence-corrected chi connectivity index (χ3v) is 9.29. The summed E-state index contributed by atoms with van der Waals surface area (Å²) in [6.45, 7) is 8.44. The number of carbonyl (C=O) groups excluding carboxylic acids is 4. The number of ether oxygens (including phenoxy) is 3. The van der Waals surface area contributed by atoms with Crippen molar-refractivity contribution in [2.45, 2.75) is 63.8 Å². The molecule has 3 N–H and O–H groups in total. The van der Waals surface area contributed by atoms with E-state index in [0.29, 0.717) is 45.1 Å². The molecule has 4 atom stereocenters. The molecule has 0 aliphatic carbocycles. The molecule has 3 amide bonds. The SMILES string of the molecule is COc1ccc(C[C@H](NC(=O)[C@H](Cc2ccc(-c3ccccc3)cc2)NC(=O)CN2CCOCC2)C(=O)N[C@@H](CC(C)C)C(=O)[C@@]2(C)CO2)cc1. The predicted octanol–water partition coefficient (Wildman–Crippen LogP) is 3.34. The Balaban J connectivity index is 1.37. The first kappa shape index (κ1) is 37.7. The van der Waals surface area contributed by atoms with Gasteiger partial charge in [0.25, 0.3) is 0 Å². The summed E-state index contributed by atoms with van der Waals surface area (Å²) in [5.41, 5.74) is 2.81. The Bertz CT molecular complexity index is 1620. The van der Waals surface area contributed by atoms with Gasteiger partial charge in [0.1, 0.15) is 23.4 Å². The average Bonchev–Trinajstić information content (AvgIpc) is 3.89. The summed E-state index contributed by atoms with van der Waals surface area (Å²) in [7, 11) is 1.57. The molecule has 0 aromatic heterocycles. The Labute approximate surface area is 300 Å². The van der Waals surface area contributed by atoms with Gasteiger partial charge in [0.2, 0.25) is 17.7 Å². The first-order chi connectivity index (χ1) is 24.5. The number of epoxide rings is 1. The molecule has 0 radical (unpaired) electrons. The van der Waals surface area contributed by atoms with Crippen molar-refractivity contribution in [1.29, 1.82) is 0 Å². The first-order valence-electron chi connectivity index (χ1n) is 17.7. The van der Waals surface area contributed by atoms with Crippen LogP contribution in [0.3, 0.4) is 0 Å². The van der Waals surface area contributed by atoms with Crippen LogP contribution in [0.2, 0.25) is 0 Å². The molecule has 2 aliphatic rings. The number of nitrogens with one attached hydrogen (secondary N) is 3. The highest BCUT2D eigenvalue weighted by molar-refractivity contribution is 5.98. The van der Waals surface area contributed by atoms with E-state index in [2.05, 4.69) is 16.0 Å². The van der Waals surface area contributed by atoms with E-state index < -0.39 is 35.5 Å². The monoisotopic (exact) mass is 698 g/mol. The molecule has 0 saturated carbocycles. The second kappa shape index (κ2) is 17.6. The van der Waals surface area contributed by atoms with E-state index in [1.807, 2.05) is 85.5 Å². The maximum absolute atomic E-state index is 14.2. The van der Waals surface area contributed by atoms with Crippen LogP contribution in [-0.4, -0.2) is 98.7 Å². The normalized spacial score (nSPS) is 19.0. The summed E-state index contributed by atoms with van der Waals surface area (Å²) in [6, 6.07) is 22.3. The van der Waals surface area contributed by atoms with Crippen molar-refractivity contribution >= 4 is 23.5 Å². The summed E-state index contributed by atoms with van der Waals surface area (Å²) in [4.78, 5) is 56.9. The average molecular weight is 699 g/mol. The zero-order valence-electron chi connectivity index (χ0n) is 30.0. The molecule has 2 saturated heterocycles. The van der Waals surface area contributed by atoms with E-state index in [1.165, 1.54) is 0 Å². The Kier molecular flexibility index (Phi) is 13.0. The largest absolute Gasteiger partial charge is 0.497 e. The lowest BCUT2D eigenvalue weighted by atomic mass is 9.93. The second-order valence-electron chi connectivity index (χ2n) is 14.0. The fourth-order valence-corrected chi connectivity index (χ4v) is 6.18. The Morgan fingerprint density at radius 1 is 0.765 bits per heavy atom. The van der Waals surface area contributed by atoms with Crippen LogP contribution in [-0.2, 0) is 41.5 Å². The Hall–Kier alpha value is -4.58. The van der Waals surface area contributed by atoms with Crippen molar-refractivity contribution in [2.24, 2.45) is 5.92 Å². The van der Waals surface area contributed by atoms with Gasteiger partial charge in [-0.1, -0.05) is 80.6 Å². The van der Waals surface area contributed by atoms with E-state index in [-0.39, 0.29) is 37.0 Å². The lowest BCUT2D eigenvalue weighted by Crippen LogP contribution is -2.58. The molecule has 0 unspecified atom stereocenters. The Morgan fingerprint density at radius 2 is 1.29 bits per heavy atom. The molecule has 3 aromatic rings. The molecule has 3 aromatic carbocycles. The van der Waals surface area contributed by atoms with Crippen LogP contribution in [0.25, 0.3) is 11.1 Å². The zero-order chi connectivity index (χ0) is 36.4. The van der Waals surface area contributed by atoms with Gasteiger partial charge in [-0.2, -0.15) is 0 Å². The maximum Gasteiger partial charge on any atom is 0.243 e. The van der Waals surface area contributed by atoms with Crippen molar-refractivity contribution in [3.63, 3.8) is 0 Å². The van der Waals surface area contributed by atoms with Crippen LogP contribution in [0.4, 0.5) is 0 Å². The van der Waals surface area contributed by atoms with Crippen LogP contribution >= 0.6 is 0 Å². The van der Waals surface area contributed by atoms with Crippen molar-refractivity contribution in [3.8, 4) is 16.9 Å². The molecule has 0 bridgehead atoms. The standard InChI is InChI=1S/C40H50N4O7/c1-27(2)22-33(37(46)40(3)26-51-40)42-39(48)35(24-29-12-16-32(49-4)17-13-29)43-38(47)34(41-36(45)25-44-18-20-50-21-19-44)23-28-10-14-31(15-11-28)30-8-6-5-7-9-30/h5-17,27,33-35H,18-26H2,1-4H3,(H,41,45)(H,42,48)(H,43,47)/t33-,34-,35-,40+/m0/s1. The quantitative estimate of drug-likeness (QED) is 0.183. The van der Waals surface area contributed by atoms with E-state index in [9.17, 15) is 19.2 Å². The molecular weight excluding hydrogens is 648 g/mol. The van der Waals surface area contributed by atoms with Gasteiger partial charge < -0.3 is 30.2 Å². The molecule has 2 heterocycles. The number of Topliss-reactive ketones (excluding diaryl/α,β-unsaturated/α-hetero) is 1. The minimum atomic E-state index is -1.04. The topological polar surface area (TPSA) is 139 Å². The number of rotatable bonds is 17. The number of hydrogen-bond acceptors (Lipinski definition) is 8. The number of carbonyl (C=O) groups is 4. The van der Waals surface area contributed by atoms with Gasteiger partial charge in [0.15, 0.2) is 5.78 Å². The molecular formula is C40H50N4O7. The highest BCUT2D eigenvalue weighted by Gasteiger charge is 2.50. The van der Waals surface area contributed by atoms with E-state index in [4.69, 9.17) is 14.2 Å². The molecule has 2 aliphatic heterocycles. The highest BCUT2D eigenvalue weighted by atomic mass is 16.6. The fraction of sp³-hybridized carbons (Fsp3) is 0.450. The number of morpholine rings is 1. The van der Waals surface area contributed by atoms with Gasteiger partial charge in [-0.15, -0.1) is 0 Å². The molecule has 0 spiro atoms. The van der Waals surface area contributed by atoms with Crippen LogP contribution < -0.4 is 20.7 Å². The maximum atomic E-state index is 14.2.